The molecule has 0 radical (unpaired) electrons. The van der Waals surface area contributed by atoms with Crippen LogP contribution in [0, 0.1) is 0 Å². The van der Waals surface area contributed by atoms with Gasteiger partial charge in [-0.1, -0.05) is 12.1 Å². The van der Waals surface area contributed by atoms with E-state index in [0.717, 1.165) is 6.07 Å². The number of halogens is 3. The Bertz CT molecular complexity index is 610. The Morgan fingerprint density at radius 3 is 2.50 bits per heavy atom. The van der Waals surface area contributed by atoms with Gasteiger partial charge in [-0.3, -0.25) is 4.79 Å². The summed E-state index contributed by atoms with van der Waals surface area (Å²) >= 11 is 0. The lowest BCUT2D eigenvalue weighted by Gasteiger charge is -2.12. The first-order valence-corrected chi connectivity index (χ1v) is 5.56. The lowest BCUT2D eigenvalue weighted by atomic mass is 10.1. The molecule has 0 spiro atoms. The number of aromatic nitrogens is 1. The molecule has 2 rings (SSSR count). The zero-order chi connectivity index (χ0) is 13.5. The molecule has 1 aromatic carbocycles. The zero-order valence-electron chi connectivity index (χ0n) is 10.0. The summed E-state index contributed by atoms with van der Waals surface area (Å²) in [6.45, 7) is 3.40. The normalized spacial score (nSPS) is 12.1. The molecule has 96 valence electrons. The highest BCUT2D eigenvalue weighted by Crippen LogP contribution is 2.36. The van der Waals surface area contributed by atoms with Crippen LogP contribution in [0.2, 0.25) is 0 Å². The third-order valence-corrected chi connectivity index (χ3v) is 2.90. The number of para-hydroxylation sites is 1. The van der Waals surface area contributed by atoms with Crippen LogP contribution in [0.4, 0.5) is 13.2 Å². The Kier molecular flexibility index (Phi) is 2.92. The predicted octanol–water partition coefficient (Wildman–Crippen LogP) is 3.88. The minimum atomic E-state index is -4.42. The molecule has 0 N–H and O–H groups in total. The van der Waals surface area contributed by atoms with Crippen LogP contribution in [0.3, 0.4) is 0 Å². The Morgan fingerprint density at radius 2 is 2.00 bits per heavy atom. The van der Waals surface area contributed by atoms with E-state index in [1.54, 1.807) is 13.0 Å². The van der Waals surface area contributed by atoms with Gasteiger partial charge in [-0.25, -0.2) is 0 Å². The summed E-state index contributed by atoms with van der Waals surface area (Å²) in [5, 5.41) is 0.442. The molecule has 5 heteroatoms. The molecule has 0 amide bonds. The topological polar surface area (TPSA) is 22.0 Å². The molecule has 0 bridgehead atoms. The summed E-state index contributed by atoms with van der Waals surface area (Å²) in [5.41, 5.74) is -0.309. The summed E-state index contributed by atoms with van der Waals surface area (Å²) < 4.78 is 40.3. The van der Waals surface area contributed by atoms with Crippen molar-refractivity contribution in [1.29, 1.82) is 0 Å². The van der Waals surface area contributed by atoms with Crippen molar-refractivity contribution >= 4 is 16.7 Å². The lowest BCUT2D eigenvalue weighted by molar-refractivity contribution is -0.136. The van der Waals surface area contributed by atoms with Gasteiger partial charge in [-0.05, 0) is 19.1 Å². The van der Waals surface area contributed by atoms with Crippen LogP contribution in [0.1, 0.15) is 29.9 Å². The number of hydrogen-bond acceptors (Lipinski definition) is 1. The molecule has 0 saturated carbocycles. The monoisotopic (exact) mass is 255 g/mol. The van der Waals surface area contributed by atoms with Gasteiger partial charge in [0, 0.05) is 18.9 Å². The van der Waals surface area contributed by atoms with Crippen molar-refractivity contribution in [2.24, 2.45) is 0 Å². The summed E-state index contributed by atoms with van der Waals surface area (Å²) in [6.07, 6.45) is -4.42. The SMILES string of the molecule is CCn1c(C(C)=O)cc2cccc(C(F)(F)F)c21. The van der Waals surface area contributed by atoms with E-state index in [4.69, 9.17) is 0 Å². The number of benzene rings is 1. The first kappa shape index (κ1) is 12.7. The minimum absolute atomic E-state index is 0.0812. The van der Waals surface area contributed by atoms with E-state index in [2.05, 4.69) is 0 Å². The average Bonchev–Trinajstić information content (AvgIpc) is 2.65. The molecule has 0 aliphatic carbocycles. The number of aryl methyl sites for hydroxylation is 1. The Labute approximate surface area is 102 Å². The molecule has 2 aromatic rings. The predicted molar refractivity (Wildman–Crippen MR) is 62.6 cm³/mol. The first-order chi connectivity index (χ1) is 8.36. The fraction of sp³-hybridized carbons (Fsp3) is 0.308. The first-order valence-electron chi connectivity index (χ1n) is 5.56. The molecular weight excluding hydrogens is 243 g/mol. The fourth-order valence-corrected chi connectivity index (χ4v) is 2.17. The second-order valence-electron chi connectivity index (χ2n) is 4.07. The standard InChI is InChI=1S/C13H12F3NO/c1-3-17-11(8(2)18)7-9-5-4-6-10(12(9)17)13(14,15)16/h4-7H,3H2,1-2H3. The molecular formula is C13H12F3NO. The quantitative estimate of drug-likeness (QED) is 0.746. The maximum absolute atomic E-state index is 12.9. The summed E-state index contributed by atoms with van der Waals surface area (Å²) in [6, 6.07) is 5.49. The van der Waals surface area contributed by atoms with Gasteiger partial charge in [-0.15, -0.1) is 0 Å². The highest BCUT2D eigenvalue weighted by atomic mass is 19.4. The molecule has 2 nitrogen and oxygen atoms in total. The van der Waals surface area contributed by atoms with Gasteiger partial charge in [0.05, 0.1) is 16.8 Å². The number of fused-ring (bicyclic) bond motifs is 1. The number of Topliss-reactive ketones (excluding diaryl/α,β-unsaturated/α-hetero) is 1. The van der Waals surface area contributed by atoms with Crippen LogP contribution in [0.25, 0.3) is 10.9 Å². The number of hydrogen-bond donors (Lipinski definition) is 0. The van der Waals surface area contributed by atoms with Crippen LogP contribution in [0.5, 0.6) is 0 Å². The third-order valence-electron chi connectivity index (χ3n) is 2.90. The highest BCUT2D eigenvalue weighted by molar-refractivity contribution is 5.99. The second-order valence-corrected chi connectivity index (χ2v) is 4.07. The third kappa shape index (κ3) is 1.89. The molecule has 0 unspecified atom stereocenters. The molecule has 0 aliphatic heterocycles. The number of ketones is 1. The van der Waals surface area contributed by atoms with Crippen molar-refractivity contribution in [3.05, 3.63) is 35.5 Å². The van der Waals surface area contributed by atoms with Crippen LogP contribution < -0.4 is 0 Å². The molecule has 0 aliphatic rings. The minimum Gasteiger partial charge on any atom is -0.338 e. The van der Waals surface area contributed by atoms with Gasteiger partial charge in [-0.2, -0.15) is 13.2 Å². The molecule has 18 heavy (non-hydrogen) atoms. The maximum Gasteiger partial charge on any atom is 0.418 e. The van der Waals surface area contributed by atoms with Crippen LogP contribution in [-0.2, 0) is 12.7 Å². The van der Waals surface area contributed by atoms with E-state index in [0.29, 0.717) is 17.6 Å². The van der Waals surface area contributed by atoms with E-state index in [1.807, 2.05) is 0 Å². The second kappa shape index (κ2) is 4.15. The number of nitrogens with zero attached hydrogens (tertiary/aromatic N) is 1. The van der Waals surface area contributed by atoms with E-state index >= 15 is 0 Å². The molecule has 1 heterocycles. The van der Waals surface area contributed by atoms with Crippen molar-refractivity contribution in [3.63, 3.8) is 0 Å². The summed E-state index contributed by atoms with van der Waals surface area (Å²) in [4.78, 5) is 11.5. The Morgan fingerprint density at radius 1 is 1.33 bits per heavy atom. The highest BCUT2D eigenvalue weighted by Gasteiger charge is 2.34. The lowest BCUT2D eigenvalue weighted by Crippen LogP contribution is -2.10. The smallest absolute Gasteiger partial charge is 0.338 e. The Balaban J connectivity index is 2.87. The Hall–Kier alpha value is -1.78. The number of carbonyl (C=O) groups excluding carboxylic acids is 1. The van der Waals surface area contributed by atoms with Gasteiger partial charge in [0.25, 0.3) is 0 Å². The van der Waals surface area contributed by atoms with Gasteiger partial charge in [0.1, 0.15) is 0 Å². The van der Waals surface area contributed by atoms with E-state index in [1.165, 1.54) is 23.6 Å². The molecule has 0 saturated heterocycles. The summed E-state index contributed by atoms with van der Waals surface area (Å²) in [5.74, 6) is -0.235. The largest absolute Gasteiger partial charge is 0.418 e. The average molecular weight is 255 g/mol. The molecule has 1 aromatic heterocycles. The van der Waals surface area contributed by atoms with Crippen LogP contribution in [-0.4, -0.2) is 10.4 Å². The van der Waals surface area contributed by atoms with Gasteiger partial charge in [0.15, 0.2) is 5.78 Å². The van der Waals surface area contributed by atoms with Crippen LogP contribution in [0.15, 0.2) is 24.3 Å². The van der Waals surface area contributed by atoms with Crippen molar-refractivity contribution in [1.82, 2.24) is 4.57 Å². The van der Waals surface area contributed by atoms with Crippen molar-refractivity contribution in [3.8, 4) is 0 Å². The number of alkyl halides is 3. The fourth-order valence-electron chi connectivity index (χ4n) is 2.17. The van der Waals surface area contributed by atoms with E-state index in [9.17, 15) is 18.0 Å². The number of rotatable bonds is 2. The van der Waals surface area contributed by atoms with Gasteiger partial charge >= 0.3 is 6.18 Å². The summed E-state index contributed by atoms with van der Waals surface area (Å²) in [7, 11) is 0. The van der Waals surface area contributed by atoms with Gasteiger partial charge < -0.3 is 4.57 Å². The maximum atomic E-state index is 12.9. The van der Waals surface area contributed by atoms with Crippen LogP contribution >= 0.6 is 0 Å². The van der Waals surface area contributed by atoms with Crippen molar-refractivity contribution in [2.75, 3.05) is 0 Å². The zero-order valence-corrected chi connectivity index (χ0v) is 10.0. The van der Waals surface area contributed by atoms with Crippen molar-refractivity contribution < 1.29 is 18.0 Å². The van der Waals surface area contributed by atoms with E-state index in [-0.39, 0.29) is 11.3 Å². The van der Waals surface area contributed by atoms with E-state index < -0.39 is 11.7 Å². The van der Waals surface area contributed by atoms with Crippen molar-refractivity contribution in [2.45, 2.75) is 26.6 Å². The number of carbonyl (C=O) groups is 1. The van der Waals surface area contributed by atoms with Gasteiger partial charge in [0.2, 0.25) is 0 Å². The molecule has 0 fully saturated rings. The molecule has 0 atom stereocenters.